The van der Waals surface area contributed by atoms with Crippen LogP contribution >= 0.6 is 0 Å². The Balaban J connectivity index is 1.40. The Hall–Kier alpha value is -4.31. The first-order valence-corrected chi connectivity index (χ1v) is 11.9. The highest BCUT2D eigenvalue weighted by atomic mass is 19.1. The number of hydrogen-bond donors (Lipinski definition) is 4. The van der Waals surface area contributed by atoms with E-state index in [0.29, 0.717) is 35.0 Å². The number of hydrogen-bond acceptors (Lipinski definition) is 7. The highest BCUT2D eigenvalue weighted by Gasteiger charge is 2.35. The largest absolute Gasteiger partial charge is 0.365 e. The monoisotopic (exact) mass is 503 g/mol. The van der Waals surface area contributed by atoms with Crippen LogP contribution in [0.1, 0.15) is 11.1 Å². The van der Waals surface area contributed by atoms with Gasteiger partial charge in [-0.2, -0.15) is 0 Å². The number of amides is 1. The first kappa shape index (κ1) is 24.4. The molecule has 0 bridgehead atoms. The molecule has 1 fully saturated rings. The van der Waals surface area contributed by atoms with E-state index in [4.69, 9.17) is 4.99 Å². The molecule has 37 heavy (non-hydrogen) atoms. The normalized spacial score (nSPS) is 18.8. The third kappa shape index (κ3) is 5.44. The van der Waals surface area contributed by atoms with Crippen LogP contribution in [0.4, 0.5) is 31.7 Å². The number of nitrogens with zero attached hydrogens (tertiary/aromatic N) is 3. The van der Waals surface area contributed by atoms with E-state index < -0.39 is 5.79 Å². The minimum atomic E-state index is -1.20. The molecule has 10 heteroatoms. The van der Waals surface area contributed by atoms with E-state index in [9.17, 15) is 13.6 Å². The van der Waals surface area contributed by atoms with Crippen LogP contribution in [0.15, 0.2) is 78.4 Å². The molecule has 0 radical (unpaired) electrons. The van der Waals surface area contributed by atoms with Gasteiger partial charge in [-0.1, -0.05) is 18.7 Å². The van der Waals surface area contributed by atoms with Crippen LogP contribution in [0.2, 0.25) is 0 Å². The summed E-state index contributed by atoms with van der Waals surface area (Å²) in [6.07, 6.45) is 4.56. The maximum atomic E-state index is 14.1. The molecule has 1 atom stereocenters. The second kappa shape index (κ2) is 10.4. The number of anilines is 4. The topological polar surface area (TPSA) is 93.7 Å². The van der Waals surface area contributed by atoms with Crippen LogP contribution in [0.5, 0.6) is 0 Å². The van der Waals surface area contributed by atoms with Crippen molar-refractivity contribution in [2.45, 2.75) is 11.8 Å². The van der Waals surface area contributed by atoms with E-state index in [1.807, 2.05) is 23.1 Å². The molecule has 1 aromatic heterocycles. The Morgan fingerprint density at radius 1 is 1.19 bits per heavy atom. The van der Waals surface area contributed by atoms with Gasteiger partial charge >= 0.3 is 0 Å². The second-order valence-electron chi connectivity index (χ2n) is 8.95. The van der Waals surface area contributed by atoms with Crippen LogP contribution in [-0.4, -0.2) is 54.4 Å². The zero-order valence-electron chi connectivity index (χ0n) is 20.0. The van der Waals surface area contributed by atoms with Gasteiger partial charge in [0.15, 0.2) is 0 Å². The number of pyridine rings is 1. The van der Waals surface area contributed by atoms with E-state index in [1.165, 1.54) is 18.2 Å². The lowest BCUT2D eigenvalue weighted by molar-refractivity contribution is -0.111. The summed E-state index contributed by atoms with van der Waals surface area (Å²) in [6.45, 7) is 5.16. The molecule has 3 aromatic rings. The number of halogens is 2. The van der Waals surface area contributed by atoms with Crippen molar-refractivity contribution in [2.24, 2.45) is 4.99 Å². The van der Waals surface area contributed by atoms with Crippen LogP contribution in [0.25, 0.3) is 0 Å². The molecule has 2 aliphatic rings. The number of aliphatic imine (C=N–C) groups is 1. The molecule has 2 aromatic carbocycles. The molecule has 0 spiro atoms. The Morgan fingerprint density at radius 2 is 2.05 bits per heavy atom. The second-order valence-corrected chi connectivity index (χ2v) is 8.95. The number of benzene rings is 2. The predicted molar refractivity (Wildman–Crippen MR) is 142 cm³/mol. The molecular formula is C27H27F2N7O. The fourth-order valence-electron chi connectivity index (χ4n) is 4.38. The lowest BCUT2D eigenvalue weighted by atomic mass is 10.0. The zero-order chi connectivity index (χ0) is 25.8. The maximum absolute atomic E-state index is 14.1. The fraction of sp³-hybridized carbons (Fsp3) is 0.222. The number of aromatic nitrogens is 1. The molecule has 0 aliphatic carbocycles. The average molecular weight is 504 g/mol. The van der Waals surface area contributed by atoms with E-state index in [0.717, 1.165) is 18.7 Å². The Labute approximate surface area is 213 Å². The number of rotatable bonds is 9. The van der Waals surface area contributed by atoms with Crippen molar-refractivity contribution >= 4 is 35.0 Å². The van der Waals surface area contributed by atoms with Crippen LogP contribution in [0.3, 0.4) is 0 Å². The van der Waals surface area contributed by atoms with Crippen molar-refractivity contribution in [3.05, 3.63) is 90.4 Å². The molecule has 5 rings (SSSR count). The quantitative estimate of drug-likeness (QED) is 0.328. The molecule has 4 N–H and O–H groups in total. The van der Waals surface area contributed by atoms with Gasteiger partial charge in [0, 0.05) is 48.4 Å². The smallest absolute Gasteiger partial charge is 0.247 e. The van der Waals surface area contributed by atoms with Crippen molar-refractivity contribution in [3.63, 3.8) is 0 Å². The molecule has 0 saturated carbocycles. The summed E-state index contributed by atoms with van der Waals surface area (Å²) in [7, 11) is 0. The van der Waals surface area contributed by atoms with E-state index in [2.05, 4.69) is 32.8 Å². The number of alkyl halides is 1. The lowest BCUT2D eigenvalue weighted by Gasteiger charge is -2.39. The fourth-order valence-corrected chi connectivity index (χ4v) is 4.38. The summed E-state index contributed by atoms with van der Waals surface area (Å²) in [5, 5.41) is 12.8. The lowest BCUT2D eigenvalue weighted by Crippen LogP contribution is -2.55. The molecule has 1 unspecified atom stereocenters. The van der Waals surface area contributed by atoms with Crippen molar-refractivity contribution in [1.82, 2.24) is 9.88 Å². The van der Waals surface area contributed by atoms with Gasteiger partial charge < -0.3 is 21.3 Å². The van der Waals surface area contributed by atoms with Crippen LogP contribution < -0.4 is 21.3 Å². The molecule has 2 aliphatic heterocycles. The Morgan fingerprint density at radius 3 is 2.81 bits per heavy atom. The summed E-state index contributed by atoms with van der Waals surface area (Å²) in [5.41, 5.74) is 3.23. The SMILES string of the molecule is C=CC(=O)Nc1cccc(C2(Nc3ccc(NC4CN(CCF)C4)nc3)N=Cc3ccc(F)cc3N2)c1. The predicted octanol–water partition coefficient (Wildman–Crippen LogP) is 4.18. The molecular weight excluding hydrogens is 476 g/mol. The molecule has 190 valence electrons. The molecule has 3 heterocycles. The number of nitrogens with one attached hydrogen (secondary N) is 4. The molecule has 8 nitrogen and oxygen atoms in total. The third-order valence-corrected chi connectivity index (χ3v) is 6.26. The van der Waals surface area contributed by atoms with Gasteiger partial charge in [-0.25, -0.2) is 18.8 Å². The van der Waals surface area contributed by atoms with Crippen molar-refractivity contribution in [2.75, 3.05) is 47.6 Å². The van der Waals surface area contributed by atoms with Gasteiger partial charge in [0.1, 0.15) is 18.3 Å². The van der Waals surface area contributed by atoms with Gasteiger partial charge in [-0.15, -0.1) is 0 Å². The number of carbonyl (C=O) groups excluding carboxylic acids is 1. The standard InChI is InChI=1S/C27H27F2N7O/c1-2-26(37)33-21-5-3-4-19(12-21)27(31-14-18-6-7-20(29)13-24(18)35-27)34-22-8-9-25(30-15-22)32-23-16-36(17-23)11-10-28/h2-9,12-15,23,34-35H,1,10-11,16-17H2,(H,30,32)(H,33,37). The maximum Gasteiger partial charge on any atom is 0.247 e. The van der Waals surface area contributed by atoms with Gasteiger partial charge in [0.05, 0.1) is 17.9 Å². The summed E-state index contributed by atoms with van der Waals surface area (Å²) in [6, 6.07) is 15.6. The van der Waals surface area contributed by atoms with Gasteiger partial charge in [-0.05, 0) is 48.5 Å². The zero-order valence-corrected chi connectivity index (χ0v) is 20.0. The van der Waals surface area contributed by atoms with Gasteiger partial charge in [-0.3, -0.25) is 9.69 Å². The highest BCUT2D eigenvalue weighted by molar-refractivity contribution is 5.99. The number of carbonyl (C=O) groups is 1. The van der Waals surface area contributed by atoms with Crippen LogP contribution in [0, 0.1) is 5.82 Å². The summed E-state index contributed by atoms with van der Waals surface area (Å²) in [5.74, 6) is -1.20. The summed E-state index contributed by atoms with van der Waals surface area (Å²) >= 11 is 0. The van der Waals surface area contributed by atoms with Crippen molar-refractivity contribution in [1.29, 1.82) is 0 Å². The van der Waals surface area contributed by atoms with Crippen LogP contribution in [-0.2, 0) is 10.6 Å². The first-order chi connectivity index (χ1) is 18.0. The van der Waals surface area contributed by atoms with Crippen molar-refractivity contribution in [3.8, 4) is 0 Å². The van der Waals surface area contributed by atoms with Crippen molar-refractivity contribution < 1.29 is 13.6 Å². The minimum absolute atomic E-state index is 0.230. The Bertz CT molecular complexity index is 1320. The highest BCUT2D eigenvalue weighted by Crippen LogP contribution is 2.35. The first-order valence-electron chi connectivity index (χ1n) is 11.9. The minimum Gasteiger partial charge on any atom is -0.365 e. The van der Waals surface area contributed by atoms with Gasteiger partial charge in [0.2, 0.25) is 11.7 Å². The van der Waals surface area contributed by atoms with E-state index in [1.54, 1.807) is 36.7 Å². The van der Waals surface area contributed by atoms with E-state index >= 15 is 0 Å². The number of likely N-dealkylation sites (tertiary alicyclic amines) is 1. The summed E-state index contributed by atoms with van der Waals surface area (Å²) in [4.78, 5) is 23.2. The molecule has 1 saturated heterocycles. The third-order valence-electron chi connectivity index (χ3n) is 6.26. The summed E-state index contributed by atoms with van der Waals surface area (Å²) < 4.78 is 26.5. The van der Waals surface area contributed by atoms with Gasteiger partial charge in [0.25, 0.3) is 0 Å². The number of fused-ring (bicyclic) bond motifs is 1. The molecule has 1 amide bonds. The van der Waals surface area contributed by atoms with E-state index in [-0.39, 0.29) is 24.4 Å². The average Bonchev–Trinajstić information content (AvgIpc) is 2.88. The Kier molecular flexibility index (Phi) is 6.82.